The van der Waals surface area contributed by atoms with Gasteiger partial charge in [0.25, 0.3) is 0 Å². The number of ether oxygens (including phenoxy) is 2. The van der Waals surface area contributed by atoms with Gasteiger partial charge < -0.3 is 19.7 Å². The fourth-order valence-corrected chi connectivity index (χ4v) is 3.27. The third-order valence-electron chi connectivity index (χ3n) is 3.47. The monoisotopic (exact) mass is 394 g/mol. The van der Waals surface area contributed by atoms with Gasteiger partial charge in [-0.15, -0.1) is 0 Å². The molecule has 0 saturated heterocycles. The van der Waals surface area contributed by atoms with Crippen molar-refractivity contribution >= 4 is 21.8 Å². The molecule has 0 heterocycles. The van der Waals surface area contributed by atoms with Crippen LogP contribution < -0.4 is 4.74 Å². The summed E-state index contributed by atoms with van der Waals surface area (Å²) in [5, 5.41) is 18.5. The number of benzene rings is 2. The van der Waals surface area contributed by atoms with Gasteiger partial charge in [-0.25, -0.2) is 13.2 Å². The Morgan fingerprint density at radius 2 is 1.78 bits per heavy atom. The number of carbonyl (C=O) groups excluding carboxylic acids is 1. The molecule has 0 amide bonds. The summed E-state index contributed by atoms with van der Waals surface area (Å²) in [6, 6.07) is 11.0. The van der Waals surface area contributed by atoms with E-state index in [1.54, 1.807) is 25.1 Å². The summed E-state index contributed by atoms with van der Waals surface area (Å²) in [7, 11) is -3.84. The van der Waals surface area contributed by atoms with Gasteiger partial charge in [0, 0.05) is 12.5 Å². The van der Waals surface area contributed by atoms with Crippen molar-refractivity contribution in [3.63, 3.8) is 0 Å². The second kappa shape index (κ2) is 8.54. The molecule has 0 fully saturated rings. The molecule has 0 aliphatic heterocycles. The predicted octanol–water partition coefficient (Wildman–Crippen LogP) is 2.22. The molecule has 0 saturated carbocycles. The highest BCUT2D eigenvalue weighted by molar-refractivity contribution is 7.92. The highest BCUT2D eigenvalue weighted by Gasteiger charge is 2.23. The summed E-state index contributed by atoms with van der Waals surface area (Å²) in [6.07, 6.45) is -0.892. The van der Waals surface area contributed by atoms with E-state index >= 15 is 0 Å². The first kappa shape index (κ1) is 20.2. The van der Waals surface area contributed by atoms with Gasteiger partial charge in [0.1, 0.15) is 17.1 Å². The Labute approximate surface area is 155 Å². The van der Waals surface area contributed by atoms with Crippen molar-refractivity contribution in [2.75, 3.05) is 5.75 Å². The summed E-state index contributed by atoms with van der Waals surface area (Å²) >= 11 is 0. The molecule has 9 heteroatoms. The summed E-state index contributed by atoms with van der Waals surface area (Å²) in [6.45, 7) is 1.65. The zero-order valence-electron chi connectivity index (χ0n) is 14.4. The highest BCUT2D eigenvalue weighted by atomic mass is 32.2. The van der Waals surface area contributed by atoms with Gasteiger partial charge in [-0.1, -0.05) is 25.1 Å². The van der Waals surface area contributed by atoms with Crippen LogP contribution in [-0.4, -0.2) is 42.6 Å². The minimum absolute atomic E-state index is 0.00472. The van der Waals surface area contributed by atoms with Crippen LogP contribution in [0, 0.1) is 0 Å². The van der Waals surface area contributed by atoms with Gasteiger partial charge in [-0.05, 0) is 24.3 Å². The summed E-state index contributed by atoms with van der Waals surface area (Å²) in [4.78, 5) is 22.9. The predicted molar refractivity (Wildman–Crippen MR) is 94.4 cm³/mol. The molecule has 0 aliphatic carbocycles. The van der Waals surface area contributed by atoms with E-state index in [0.29, 0.717) is 0 Å². The van der Waals surface area contributed by atoms with Crippen LogP contribution in [0.2, 0.25) is 0 Å². The van der Waals surface area contributed by atoms with Crippen LogP contribution in [-0.2, 0) is 19.4 Å². The molecule has 1 unspecified atom stereocenters. The molecule has 8 nitrogen and oxygen atoms in total. The Morgan fingerprint density at radius 1 is 1.11 bits per heavy atom. The molecule has 144 valence electrons. The number of carboxylic acids is 1. The molecule has 0 spiro atoms. The molecule has 0 radical (unpaired) electrons. The molecule has 0 bridgehead atoms. The summed E-state index contributed by atoms with van der Waals surface area (Å²) in [5.74, 6) is -3.57. The van der Waals surface area contributed by atoms with Crippen LogP contribution >= 0.6 is 0 Å². The second-order valence-electron chi connectivity index (χ2n) is 5.50. The zero-order valence-corrected chi connectivity index (χ0v) is 15.2. The maximum atomic E-state index is 12.2. The Balaban J connectivity index is 2.03. The molecule has 1 atom stereocenters. The van der Waals surface area contributed by atoms with Crippen molar-refractivity contribution in [2.45, 2.75) is 24.5 Å². The van der Waals surface area contributed by atoms with Gasteiger partial charge in [0.2, 0.25) is 6.29 Å². The van der Waals surface area contributed by atoms with Crippen LogP contribution in [0.4, 0.5) is 0 Å². The maximum absolute atomic E-state index is 12.2. The number of aromatic hydroxyl groups is 1. The lowest BCUT2D eigenvalue weighted by molar-refractivity contribution is -0.160. The number of hydrogen-bond acceptors (Lipinski definition) is 7. The quantitative estimate of drug-likeness (QED) is 0.515. The second-order valence-corrected chi connectivity index (χ2v) is 7.49. The maximum Gasteiger partial charge on any atom is 0.339 e. The van der Waals surface area contributed by atoms with Crippen molar-refractivity contribution in [1.29, 1.82) is 0 Å². The molecule has 2 N–H and O–H groups in total. The number of aromatic carboxylic acids is 1. The molecule has 2 aromatic carbocycles. The van der Waals surface area contributed by atoms with E-state index in [1.807, 2.05) is 0 Å². The number of rotatable bonds is 8. The molecule has 0 aromatic heterocycles. The summed E-state index contributed by atoms with van der Waals surface area (Å²) < 4.78 is 34.8. The van der Waals surface area contributed by atoms with Crippen molar-refractivity contribution in [3.05, 3.63) is 54.1 Å². The highest BCUT2D eigenvalue weighted by Crippen LogP contribution is 2.25. The zero-order chi connectivity index (χ0) is 20.0. The smallest absolute Gasteiger partial charge is 0.339 e. The van der Waals surface area contributed by atoms with E-state index < -0.39 is 39.6 Å². The minimum Gasteiger partial charge on any atom is -0.507 e. The topological polar surface area (TPSA) is 127 Å². The average molecular weight is 394 g/mol. The van der Waals surface area contributed by atoms with Crippen molar-refractivity contribution in [3.8, 4) is 11.5 Å². The molecular formula is C18H18O8S. The molecule has 2 rings (SSSR count). The summed E-state index contributed by atoms with van der Waals surface area (Å²) in [5.41, 5.74) is -0.304. The van der Waals surface area contributed by atoms with Crippen LogP contribution in [0.25, 0.3) is 0 Å². The third-order valence-corrected chi connectivity index (χ3v) is 5.08. The van der Waals surface area contributed by atoms with E-state index in [-0.39, 0.29) is 22.6 Å². The normalized spacial score (nSPS) is 12.2. The van der Waals surface area contributed by atoms with Gasteiger partial charge >= 0.3 is 11.9 Å². The Morgan fingerprint density at radius 3 is 2.33 bits per heavy atom. The van der Waals surface area contributed by atoms with E-state index in [2.05, 4.69) is 0 Å². The number of sulfone groups is 1. The van der Waals surface area contributed by atoms with Crippen LogP contribution in [0.1, 0.15) is 23.7 Å². The van der Waals surface area contributed by atoms with E-state index in [1.165, 1.54) is 18.2 Å². The number of hydrogen-bond donors (Lipinski definition) is 2. The Bertz CT molecular complexity index is 922. The SMILES string of the molecule is CCC(OC(=O)CS(=O)(=O)c1ccccc1)Oc1ccc(C(=O)O)c(O)c1. The average Bonchev–Trinajstić information content (AvgIpc) is 2.61. The number of carbonyl (C=O) groups is 2. The lowest BCUT2D eigenvalue weighted by Gasteiger charge is -2.18. The molecule has 27 heavy (non-hydrogen) atoms. The van der Waals surface area contributed by atoms with Crippen LogP contribution in [0.15, 0.2) is 53.4 Å². The van der Waals surface area contributed by atoms with Crippen molar-refractivity contribution in [2.24, 2.45) is 0 Å². The lowest BCUT2D eigenvalue weighted by atomic mass is 10.2. The van der Waals surface area contributed by atoms with E-state index in [9.17, 15) is 23.1 Å². The largest absolute Gasteiger partial charge is 0.507 e. The van der Waals surface area contributed by atoms with Gasteiger partial charge in [0.05, 0.1) is 4.90 Å². The number of phenols is 1. The molecule has 2 aromatic rings. The lowest BCUT2D eigenvalue weighted by Crippen LogP contribution is -2.28. The third kappa shape index (κ3) is 5.45. The standard InChI is InChI=1S/C18H18O8S/c1-2-17(25-12-8-9-14(18(21)22)15(19)10-12)26-16(20)11-27(23,24)13-6-4-3-5-7-13/h3-10,17,19H,2,11H2,1H3,(H,21,22). The van der Waals surface area contributed by atoms with Crippen LogP contribution in [0.3, 0.4) is 0 Å². The minimum atomic E-state index is -3.84. The number of esters is 1. The molecule has 0 aliphatic rings. The first-order chi connectivity index (χ1) is 12.7. The fraction of sp³-hybridized carbons (Fsp3) is 0.222. The van der Waals surface area contributed by atoms with E-state index in [0.717, 1.165) is 12.1 Å². The Kier molecular flexibility index (Phi) is 6.40. The molecular weight excluding hydrogens is 376 g/mol. The first-order valence-corrected chi connectivity index (χ1v) is 9.58. The van der Waals surface area contributed by atoms with Gasteiger partial charge in [0.15, 0.2) is 15.6 Å². The van der Waals surface area contributed by atoms with Crippen LogP contribution in [0.5, 0.6) is 11.5 Å². The number of carboxylic acid groups (broad SMARTS) is 1. The van der Waals surface area contributed by atoms with Gasteiger partial charge in [-0.3, -0.25) is 4.79 Å². The van der Waals surface area contributed by atoms with Crippen molar-refractivity contribution < 1.29 is 37.7 Å². The van der Waals surface area contributed by atoms with Gasteiger partial charge in [-0.2, -0.15) is 0 Å². The Hall–Kier alpha value is -3.07. The van der Waals surface area contributed by atoms with Crippen molar-refractivity contribution in [1.82, 2.24) is 0 Å². The fourth-order valence-electron chi connectivity index (χ4n) is 2.16. The first-order valence-electron chi connectivity index (χ1n) is 7.93. The van der Waals surface area contributed by atoms with E-state index in [4.69, 9.17) is 14.6 Å².